The summed E-state index contributed by atoms with van der Waals surface area (Å²) in [6.07, 6.45) is 3.96. The van der Waals surface area contributed by atoms with Crippen LogP contribution in [0.15, 0.2) is 24.4 Å². The van der Waals surface area contributed by atoms with Gasteiger partial charge in [-0.05, 0) is 25.5 Å². The van der Waals surface area contributed by atoms with Crippen molar-refractivity contribution < 1.29 is 4.74 Å². The number of hydrogen-bond acceptors (Lipinski definition) is 5. The molecule has 1 saturated heterocycles. The maximum Gasteiger partial charge on any atom is 0.167 e. The first-order valence-corrected chi connectivity index (χ1v) is 7.32. The first-order valence-electron chi connectivity index (χ1n) is 7.32. The van der Waals surface area contributed by atoms with Gasteiger partial charge in [0.15, 0.2) is 5.82 Å². The molecule has 2 atom stereocenters. The average Bonchev–Trinajstić information content (AvgIpc) is 3.12. The summed E-state index contributed by atoms with van der Waals surface area (Å²) in [5.41, 5.74) is 1.11. The number of aromatic nitrogens is 4. The molecular weight excluding hydrogens is 266 g/mol. The van der Waals surface area contributed by atoms with Crippen molar-refractivity contribution in [1.82, 2.24) is 25.1 Å². The van der Waals surface area contributed by atoms with E-state index in [-0.39, 0.29) is 12.1 Å². The van der Waals surface area contributed by atoms with Crippen LogP contribution in [0.5, 0.6) is 0 Å². The number of rotatable bonds is 5. The van der Waals surface area contributed by atoms with E-state index in [0.717, 1.165) is 43.3 Å². The Balaban J connectivity index is 1.69. The molecule has 0 spiro atoms. The zero-order valence-electron chi connectivity index (χ0n) is 12.5. The molecule has 2 aromatic rings. The SMILES string of the molecule is CO[C@@H]1C[C@@H](c2n[nH]c(C)n2)N(CCc2ccccn2)C1. The maximum atomic E-state index is 5.53. The lowest BCUT2D eigenvalue weighted by Crippen LogP contribution is -2.28. The average molecular weight is 287 g/mol. The number of ether oxygens (including phenoxy) is 1. The minimum Gasteiger partial charge on any atom is -0.380 e. The fourth-order valence-corrected chi connectivity index (χ4v) is 2.86. The molecule has 1 aliphatic rings. The highest BCUT2D eigenvalue weighted by atomic mass is 16.5. The molecule has 112 valence electrons. The number of pyridine rings is 1. The summed E-state index contributed by atoms with van der Waals surface area (Å²) >= 11 is 0. The molecule has 3 rings (SSSR count). The molecular formula is C15H21N5O. The number of nitrogens with one attached hydrogen (secondary N) is 1. The molecule has 0 radical (unpaired) electrons. The second kappa shape index (κ2) is 6.32. The fourth-order valence-electron chi connectivity index (χ4n) is 2.86. The summed E-state index contributed by atoms with van der Waals surface area (Å²) in [4.78, 5) is 11.3. The van der Waals surface area contributed by atoms with Crippen LogP contribution >= 0.6 is 0 Å². The maximum absolute atomic E-state index is 5.53. The lowest BCUT2D eigenvalue weighted by Gasteiger charge is -2.21. The number of aromatic amines is 1. The molecule has 0 unspecified atom stereocenters. The summed E-state index contributed by atoms with van der Waals surface area (Å²) in [7, 11) is 1.77. The fraction of sp³-hybridized carbons (Fsp3) is 0.533. The number of hydrogen-bond donors (Lipinski definition) is 1. The molecule has 2 aromatic heterocycles. The van der Waals surface area contributed by atoms with Gasteiger partial charge >= 0.3 is 0 Å². The highest BCUT2D eigenvalue weighted by Crippen LogP contribution is 2.31. The van der Waals surface area contributed by atoms with Crippen LogP contribution in [0.3, 0.4) is 0 Å². The second-order valence-electron chi connectivity index (χ2n) is 5.45. The number of methoxy groups -OCH3 is 1. The predicted octanol–water partition coefficient (Wildman–Crippen LogP) is 1.51. The molecule has 3 heterocycles. The minimum absolute atomic E-state index is 0.226. The van der Waals surface area contributed by atoms with Crippen LogP contribution in [-0.2, 0) is 11.2 Å². The highest BCUT2D eigenvalue weighted by molar-refractivity contribution is 5.06. The summed E-state index contributed by atoms with van der Waals surface area (Å²) in [5, 5.41) is 7.25. The van der Waals surface area contributed by atoms with Gasteiger partial charge in [0.2, 0.25) is 0 Å². The van der Waals surface area contributed by atoms with Gasteiger partial charge in [-0.3, -0.25) is 15.0 Å². The van der Waals surface area contributed by atoms with Gasteiger partial charge in [0.1, 0.15) is 5.82 Å². The third-order valence-corrected chi connectivity index (χ3v) is 3.99. The normalized spacial score (nSPS) is 22.8. The predicted molar refractivity (Wildman–Crippen MR) is 78.8 cm³/mol. The van der Waals surface area contributed by atoms with Crippen LogP contribution in [-0.4, -0.2) is 51.4 Å². The first kappa shape index (κ1) is 14.2. The zero-order chi connectivity index (χ0) is 14.7. The Hall–Kier alpha value is -1.79. The first-order chi connectivity index (χ1) is 10.3. The van der Waals surface area contributed by atoms with E-state index in [1.165, 1.54) is 0 Å². The van der Waals surface area contributed by atoms with Gasteiger partial charge in [0.05, 0.1) is 12.1 Å². The largest absolute Gasteiger partial charge is 0.380 e. The third-order valence-electron chi connectivity index (χ3n) is 3.99. The molecule has 0 bridgehead atoms. The molecule has 6 nitrogen and oxygen atoms in total. The Morgan fingerprint density at radius 3 is 3.00 bits per heavy atom. The number of H-pyrrole nitrogens is 1. The van der Waals surface area contributed by atoms with Crippen molar-refractivity contribution >= 4 is 0 Å². The van der Waals surface area contributed by atoms with Crippen LogP contribution in [0, 0.1) is 6.92 Å². The van der Waals surface area contributed by atoms with E-state index in [9.17, 15) is 0 Å². The van der Waals surface area contributed by atoms with Crippen LogP contribution in [0.1, 0.15) is 29.8 Å². The highest BCUT2D eigenvalue weighted by Gasteiger charge is 2.35. The van der Waals surface area contributed by atoms with Crippen molar-refractivity contribution in [2.45, 2.75) is 31.9 Å². The lowest BCUT2D eigenvalue weighted by molar-refractivity contribution is 0.108. The Morgan fingerprint density at radius 2 is 2.33 bits per heavy atom. The number of aryl methyl sites for hydroxylation is 1. The molecule has 1 fully saturated rings. The quantitative estimate of drug-likeness (QED) is 0.903. The van der Waals surface area contributed by atoms with Crippen LogP contribution in [0.25, 0.3) is 0 Å². The van der Waals surface area contributed by atoms with Gasteiger partial charge in [0.25, 0.3) is 0 Å². The van der Waals surface area contributed by atoms with Crippen molar-refractivity contribution in [2.24, 2.45) is 0 Å². The van der Waals surface area contributed by atoms with E-state index in [0.29, 0.717) is 0 Å². The monoisotopic (exact) mass is 287 g/mol. The van der Waals surface area contributed by atoms with Crippen LogP contribution in [0.2, 0.25) is 0 Å². The van der Waals surface area contributed by atoms with Crippen molar-refractivity contribution in [1.29, 1.82) is 0 Å². The third kappa shape index (κ3) is 3.28. The van der Waals surface area contributed by atoms with E-state index in [4.69, 9.17) is 4.74 Å². The van der Waals surface area contributed by atoms with Crippen molar-refractivity contribution in [3.63, 3.8) is 0 Å². The Bertz CT molecular complexity index is 570. The summed E-state index contributed by atoms with van der Waals surface area (Å²) in [6.45, 7) is 3.79. The molecule has 6 heteroatoms. The standard InChI is InChI=1S/C15H21N5O/c1-11-17-15(19-18-11)14-9-13(21-2)10-20(14)8-6-12-5-3-4-7-16-12/h3-5,7,13-14H,6,8-10H2,1-2H3,(H,17,18,19)/t13-,14+/m1/s1. The van der Waals surface area contributed by atoms with Crippen LogP contribution < -0.4 is 0 Å². The molecule has 0 aliphatic carbocycles. The van der Waals surface area contributed by atoms with Gasteiger partial charge < -0.3 is 4.74 Å². The Labute approximate surface area is 124 Å². The zero-order valence-corrected chi connectivity index (χ0v) is 12.5. The van der Waals surface area contributed by atoms with E-state index in [1.807, 2.05) is 25.3 Å². The molecule has 1 aliphatic heterocycles. The van der Waals surface area contributed by atoms with Gasteiger partial charge in [-0.25, -0.2) is 4.98 Å². The smallest absolute Gasteiger partial charge is 0.167 e. The van der Waals surface area contributed by atoms with E-state index >= 15 is 0 Å². The number of likely N-dealkylation sites (tertiary alicyclic amines) is 1. The molecule has 21 heavy (non-hydrogen) atoms. The molecule has 0 aromatic carbocycles. The van der Waals surface area contributed by atoms with E-state index in [2.05, 4.69) is 31.1 Å². The molecule has 1 N–H and O–H groups in total. The van der Waals surface area contributed by atoms with Gasteiger partial charge in [0, 0.05) is 38.5 Å². The minimum atomic E-state index is 0.226. The number of nitrogens with zero attached hydrogens (tertiary/aromatic N) is 4. The second-order valence-corrected chi connectivity index (χ2v) is 5.45. The van der Waals surface area contributed by atoms with Gasteiger partial charge in [-0.1, -0.05) is 6.07 Å². The Morgan fingerprint density at radius 1 is 1.43 bits per heavy atom. The van der Waals surface area contributed by atoms with Crippen molar-refractivity contribution in [3.05, 3.63) is 41.7 Å². The topological polar surface area (TPSA) is 66.9 Å². The Kier molecular flexibility index (Phi) is 4.26. The molecule has 0 amide bonds. The summed E-state index contributed by atoms with van der Waals surface area (Å²) in [5.74, 6) is 1.73. The van der Waals surface area contributed by atoms with E-state index in [1.54, 1.807) is 7.11 Å². The summed E-state index contributed by atoms with van der Waals surface area (Å²) in [6, 6.07) is 6.26. The van der Waals surface area contributed by atoms with Gasteiger partial charge in [-0.2, -0.15) is 5.10 Å². The molecule has 0 saturated carbocycles. The van der Waals surface area contributed by atoms with Crippen LogP contribution in [0.4, 0.5) is 0 Å². The van der Waals surface area contributed by atoms with Crippen molar-refractivity contribution in [3.8, 4) is 0 Å². The van der Waals surface area contributed by atoms with E-state index < -0.39 is 0 Å². The van der Waals surface area contributed by atoms with Gasteiger partial charge in [-0.15, -0.1) is 0 Å². The lowest BCUT2D eigenvalue weighted by atomic mass is 10.2. The van der Waals surface area contributed by atoms with Crippen molar-refractivity contribution in [2.75, 3.05) is 20.2 Å². The summed E-state index contributed by atoms with van der Waals surface area (Å²) < 4.78 is 5.53.